The van der Waals surface area contributed by atoms with Crippen LogP contribution in [0.25, 0.3) is 5.57 Å². The van der Waals surface area contributed by atoms with Gasteiger partial charge >= 0.3 is 0 Å². The van der Waals surface area contributed by atoms with E-state index in [2.05, 4.69) is 5.73 Å². The number of rotatable bonds is 0. The third-order valence-electron chi connectivity index (χ3n) is 3.50. The second-order valence-electron chi connectivity index (χ2n) is 4.48. The lowest BCUT2D eigenvalue weighted by Crippen LogP contribution is -1.96. The fourth-order valence-corrected chi connectivity index (χ4v) is 2.60. The maximum absolute atomic E-state index is 9.44. The molecule has 0 unspecified atom stereocenters. The molecule has 0 amide bonds. The molecule has 0 saturated heterocycles. The van der Waals surface area contributed by atoms with Crippen molar-refractivity contribution in [2.45, 2.75) is 19.3 Å². The van der Waals surface area contributed by atoms with Gasteiger partial charge in [0, 0.05) is 17.2 Å². The van der Waals surface area contributed by atoms with Crippen molar-refractivity contribution >= 4 is 5.57 Å². The van der Waals surface area contributed by atoms with Gasteiger partial charge in [0.1, 0.15) is 5.75 Å². The minimum atomic E-state index is 0.298. The Balaban J connectivity index is 2.22. The Morgan fingerprint density at radius 1 is 1.40 bits per heavy atom. The lowest BCUT2D eigenvalue weighted by Gasteiger charge is -2.04. The van der Waals surface area contributed by atoms with Crippen LogP contribution in [0.4, 0.5) is 0 Å². The number of fused-ring (bicyclic) bond motifs is 1. The largest absolute Gasteiger partial charge is 0.508 e. The first-order chi connectivity index (χ1) is 7.25. The number of nitrogens with two attached hydrogens (primary N) is 1. The molecule has 1 spiro atoms. The van der Waals surface area contributed by atoms with Gasteiger partial charge in [-0.3, -0.25) is 0 Å². The standard InChI is InChI=1S/C13H13NO/c14-6-3-12-11-2-1-10(15)7-9(11)8-13(12)4-5-13/h1-2,6-7,15H,4-5,8,14H2. The van der Waals surface area contributed by atoms with E-state index in [4.69, 9.17) is 5.73 Å². The van der Waals surface area contributed by atoms with Gasteiger partial charge in [-0.25, -0.2) is 0 Å². The highest BCUT2D eigenvalue weighted by Crippen LogP contribution is 2.62. The molecular formula is C13H13NO. The van der Waals surface area contributed by atoms with E-state index in [1.165, 1.54) is 35.7 Å². The van der Waals surface area contributed by atoms with E-state index in [1.807, 2.05) is 12.1 Å². The predicted molar refractivity (Wildman–Crippen MR) is 59.2 cm³/mol. The first-order valence-corrected chi connectivity index (χ1v) is 5.25. The molecule has 1 fully saturated rings. The fourth-order valence-electron chi connectivity index (χ4n) is 2.60. The molecule has 3 rings (SSSR count). The summed E-state index contributed by atoms with van der Waals surface area (Å²) in [4.78, 5) is 0. The van der Waals surface area contributed by atoms with Crippen molar-refractivity contribution < 1.29 is 5.11 Å². The molecule has 0 atom stereocenters. The van der Waals surface area contributed by atoms with E-state index in [9.17, 15) is 5.11 Å². The minimum absolute atomic E-state index is 0.298. The molecule has 2 aliphatic carbocycles. The van der Waals surface area contributed by atoms with Crippen molar-refractivity contribution in [3.05, 3.63) is 41.3 Å². The van der Waals surface area contributed by atoms with E-state index >= 15 is 0 Å². The highest BCUT2D eigenvalue weighted by atomic mass is 16.3. The van der Waals surface area contributed by atoms with Crippen LogP contribution in [0.5, 0.6) is 5.75 Å². The predicted octanol–water partition coefficient (Wildman–Crippen LogP) is 2.18. The van der Waals surface area contributed by atoms with Crippen LogP contribution in [-0.2, 0) is 6.42 Å². The van der Waals surface area contributed by atoms with Crippen molar-refractivity contribution in [2.75, 3.05) is 0 Å². The molecular weight excluding hydrogens is 186 g/mol. The molecule has 0 aliphatic heterocycles. The molecule has 0 radical (unpaired) electrons. The lowest BCUT2D eigenvalue weighted by atomic mass is 9.98. The molecule has 2 aliphatic rings. The Labute approximate surface area is 88.7 Å². The third kappa shape index (κ3) is 1.12. The topological polar surface area (TPSA) is 46.2 Å². The summed E-state index contributed by atoms with van der Waals surface area (Å²) in [5, 5.41) is 9.44. The minimum Gasteiger partial charge on any atom is -0.508 e. The molecule has 76 valence electrons. The van der Waals surface area contributed by atoms with Crippen molar-refractivity contribution in [3.8, 4) is 5.75 Å². The number of hydrogen-bond donors (Lipinski definition) is 2. The van der Waals surface area contributed by atoms with Crippen LogP contribution in [0.2, 0.25) is 0 Å². The second kappa shape index (κ2) is 2.68. The van der Waals surface area contributed by atoms with Gasteiger partial charge in [0.15, 0.2) is 0 Å². The quantitative estimate of drug-likeness (QED) is 0.629. The van der Waals surface area contributed by atoms with Crippen LogP contribution in [-0.4, -0.2) is 5.11 Å². The zero-order valence-electron chi connectivity index (χ0n) is 8.46. The zero-order chi connectivity index (χ0) is 10.5. The van der Waals surface area contributed by atoms with Crippen molar-refractivity contribution in [2.24, 2.45) is 11.1 Å². The summed E-state index contributed by atoms with van der Waals surface area (Å²) in [6.07, 6.45) is 4.97. The highest BCUT2D eigenvalue weighted by molar-refractivity contribution is 5.79. The van der Waals surface area contributed by atoms with Crippen LogP contribution in [0.15, 0.2) is 30.1 Å². The van der Waals surface area contributed by atoms with Crippen molar-refractivity contribution in [1.29, 1.82) is 0 Å². The van der Waals surface area contributed by atoms with Crippen LogP contribution in [0.3, 0.4) is 0 Å². The monoisotopic (exact) mass is 199 g/mol. The summed E-state index contributed by atoms with van der Waals surface area (Å²) in [6.45, 7) is 0. The molecule has 2 nitrogen and oxygen atoms in total. The average molecular weight is 199 g/mol. The van der Waals surface area contributed by atoms with Crippen molar-refractivity contribution in [3.63, 3.8) is 0 Å². The number of phenols is 1. The highest BCUT2D eigenvalue weighted by Gasteiger charge is 2.51. The third-order valence-corrected chi connectivity index (χ3v) is 3.50. The molecule has 0 aromatic heterocycles. The molecule has 15 heavy (non-hydrogen) atoms. The summed E-state index contributed by atoms with van der Waals surface area (Å²) < 4.78 is 0. The number of benzene rings is 1. The SMILES string of the molecule is NC=C=C1c2ccc(O)cc2CC12CC2. The van der Waals surface area contributed by atoms with E-state index in [0.717, 1.165) is 6.42 Å². The van der Waals surface area contributed by atoms with Gasteiger partial charge < -0.3 is 10.8 Å². The first kappa shape index (κ1) is 8.63. The van der Waals surface area contributed by atoms with Gasteiger partial charge in [0.05, 0.1) is 0 Å². The van der Waals surface area contributed by atoms with Crippen LogP contribution < -0.4 is 5.73 Å². The van der Waals surface area contributed by atoms with E-state index in [0.29, 0.717) is 11.2 Å². The van der Waals surface area contributed by atoms with Gasteiger partial charge in [0.2, 0.25) is 0 Å². The average Bonchev–Trinajstić information content (AvgIpc) is 2.89. The molecule has 3 N–H and O–H groups in total. The Bertz CT molecular complexity index is 491. The Hall–Kier alpha value is -1.66. The molecule has 0 heterocycles. The van der Waals surface area contributed by atoms with E-state index < -0.39 is 0 Å². The van der Waals surface area contributed by atoms with Gasteiger partial charge in [-0.2, -0.15) is 0 Å². The van der Waals surface area contributed by atoms with Gasteiger partial charge in [-0.15, -0.1) is 0 Å². The van der Waals surface area contributed by atoms with Crippen LogP contribution in [0, 0.1) is 5.41 Å². The van der Waals surface area contributed by atoms with E-state index in [1.54, 1.807) is 6.07 Å². The summed E-state index contributed by atoms with van der Waals surface area (Å²) >= 11 is 0. The Morgan fingerprint density at radius 3 is 2.87 bits per heavy atom. The van der Waals surface area contributed by atoms with Gasteiger partial charge in [0.25, 0.3) is 0 Å². The second-order valence-corrected chi connectivity index (χ2v) is 4.48. The van der Waals surface area contributed by atoms with E-state index in [-0.39, 0.29) is 0 Å². The molecule has 2 heteroatoms. The van der Waals surface area contributed by atoms with Crippen LogP contribution >= 0.6 is 0 Å². The number of aromatic hydroxyl groups is 1. The lowest BCUT2D eigenvalue weighted by molar-refractivity contribution is 0.474. The van der Waals surface area contributed by atoms with Crippen LogP contribution in [0.1, 0.15) is 24.0 Å². The maximum atomic E-state index is 9.44. The summed E-state index contributed by atoms with van der Waals surface area (Å²) in [7, 11) is 0. The number of hydrogen-bond acceptors (Lipinski definition) is 2. The summed E-state index contributed by atoms with van der Waals surface area (Å²) in [5.41, 5.74) is 12.6. The van der Waals surface area contributed by atoms with Gasteiger partial charge in [-0.05, 0) is 42.5 Å². The maximum Gasteiger partial charge on any atom is 0.115 e. The first-order valence-electron chi connectivity index (χ1n) is 5.25. The Kier molecular flexibility index (Phi) is 1.54. The zero-order valence-corrected chi connectivity index (χ0v) is 8.46. The normalized spacial score (nSPS) is 19.9. The Morgan fingerprint density at radius 2 is 2.20 bits per heavy atom. The number of allylic oxidation sites excluding steroid dienone is 1. The number of phenolic OH excluding ortho intramolecular Hbond substituents is 1. The molecule has 1 saturated carbocycles. The molecule has 1 aromatic carbocycles. The molecule has 0 bridgehead atoms. The fraction of sp³-hybridized carbons (Fsp3) is 0.308. The smallest absolute Gasteiger partial charge is 0.115 e. The summed E-state index contributed by atoms with van der Waals surface area (Å²) in [6, 6.07) is 5.57. The van der Waals surface area contributed by atoms with Crippen molar-refractivity contribution in [1.82, 2.24) is 0 Å². The molecule has 1 aromatic rings. The summed E-state index contributed by atoms with van der Waals surface area (Å²) in [5.74, 6) is 0.350. The van der Waals surface area contributed by atoms with Gasteiger partial charge in [-0.1, -0.05) is 11.8 Å².